The van der Waals surface area contributed by atoms with E-state index in [4.69, 9.17) is 0 Å². The molecule has 0 spiro atoms. The molecule has 10 heteroatoms. The second-order valence-electron chi connectivity index (χ2n) is 7.12. The van der Waals surface area contributed by atoms with Gasteiger partial charge in [0.1, 0.15) is 11.2 Å². The summed E-state index contributed by atoms with van der Waals surface area (Å²) in [6.07, 6.45) is 0.276. The Morgan fingerprint density at radius 2 is 1.90 bits per heavy atom. The number of aromatic nitrogens is 5. The molecule has 0 radical (unpaired) electrons. The van der Waals surface area contributed by atoms with Gasteiger partial charge in [-0.3, -0.25) is 0 Å². The summed E-state index contributed by atoms with van der Waals surface area (Å²) in [5, 5.41) is 48.0. The molecule has 1 N–H and O–H groups in total. The third-order valence-corrected chi connectivity index (χ3v) is 5.11. The van der Waals surface area contributed by atoms with E-state index in [1.54, 1.807) is 50.2 Å². The fraction of sp³-hybridized carbons (Fsp3) is 0.250. The van der Waals surface area contributed by atoms with E-state index in [0.717, 1.165) is 5.56 Å². The smallest absolute Gasteiger partial charge is 0.352 e. The SMILES string of the molecule is CCC(C(=O)[O-])n1nnc2ccc(Nc3c(C)[n+]([O-])c4ccc(C)cc4[n+]3[O-])cc21. The summed E-state index contributed by atoms with van der Waals surface area (Å²) in [4.78, 5) is 11.4. The maximum Gasteiger partial charge on any atom is 0.352 e. The number of nitrogens with zero attached hydrogens (tertiary/aromatic N) is 5. The monoisotopic (exact) mass is 407 g/mol. The van der Waals surface area contributed by atoms with Gasteiger partial charge in [-0.25, -0.2) is 14.7 Å². The van der Waals surface area contributed by atoms with Crippen LogP contribution in [0.5, 0.6) is 0 Å². The van der Waals surface area contributed by atoms with E-state index in [0.29, 0.717) is 26.2 Å². The standard InChI is InChI=1S/C20H20N6O4/c1-4-15(20(27)28)24-17-10-13(6-7-14(17)22-23-24)21-19-12(3)25(29)16-8-5-11(2)9-18(16)26(19)30/h5-10,15,21H,4H2,1-3H3,(H,27,28)/p-1. The zero-order chi connectivity index (χ0) is 21.6. The molecule has 10 nitrogen and oxygen atoms in total. The Hall–Kier alpha value is -3.95. The molecule has 4 rings (SSSR count). The van der Waals surface area contributed by atoms with Crippen LogP contribution >= 0.6 is 0 Å². The number of aryl methyl sites for hydroxylation is 1. The van der Waals surface area contributed by atoms with Gasteiger partial charge >= 0.3 is 5.82 Å². The first kappa shape index (κ1) is 19.4. The van der Waals surface area contributed by atoms with Crippen molar-refractivity contribution in [1.29, 1.82) is 0 Å². The van der Waals surface area contributed by atoms with E-state index in [9.17, 15) is 20.3 Å². The fourth-order valence-corrected chi connectivity index (χ4v) is 3.47. The number of aliphatic carboxylic acids is 1. The second-order valence-corrected chi connectivity index (χ2v) is 7.12. The molecule has 0 aliphatic carbocycles. The number of fused-ring (bicyclic) bond motifs is 2. The molecule has 2 aromatic heterocycles. The first-order valence-electron chi connectivity index (χ1n) is 9.40. The molecule has 0 aliphatic heterocycles. The number of carboxylic acid groups (broad SMARTS) is 1. The van der Waals surface area contributed by atoms with Gasteiger partial charge in [-0.2, -0.15) is 4.73 Å². The van der Waals surface area contributed by atoms with Crippen LogP contribution in [0.25, 0.3) is 22.1 Å². The van der Waals surface area contributed by atoms with E-state index in [1.807, 2.05) is 6.92 Å². The van der Waals surface area contributed by atoms with Crippen molar-refractivity contribution >= 4 is 39.5 Å². The Labute approximate surface area is 171 Å². The van der Waals surface area contributed by atoms with Gasteiger partial charge in [-0.05, 0) is 37.1 Å². The molecule has 0 bridgehead atoms. The number of carbonyl (C=O) groups is 1. The van der Waals surface area contributed by atoms with Gasteiger partial charge in [0.25, 0.3) is 11.2 Å². The lowest BCUT2D eigenvalue weighted by Gasteiger charge is -2.17. The Bertz CT molecular complexity index is 1300. The minimum Gasteiger partial charge on any atom is -0.710 e. The Morgan fingerprint density at radius 1 is 1.13 bits per heavy atom. The number of carboxylic acids is 1. The lowest BCUT2D eigenvalue weighted by molar-refractivity contribution is -0.623. The molecule has 0 aliphatic rings. The summed E-state index contributed by atoms with van der Waals surface area (Å²) in [6, 6.07) is 9.03. The highest BCUT2D eigenvalue weighted by Crippen LogP contribution is 2.24. The van der Waals surface area contributed by atoms with Crippen molar-refractivity contribution in [2.75, 3.05) is 5.32 Å². The molecule has 0 saturated carbocycles. The summed E-state index contributed by atoms with van der Waals surface area (Å²) >= 11 is 0. The third-order valence-electron chi connectivity index (χ3n) is 5.11. The van der Waals surface area contributed by atoms with Crippen molar-refractivity contribution in [2.45, 2.75) is 33.2 Å². The number of benzene rings is 2. The van der Waals surface area contributed by atoms with Crippen molar-refractivity contribution < 1.29 is 19.4 Å². The average Bonchev–Trinajstić information content (AvgIpc) is 3.13. The van der Waals surface area contributed by atoms with Crippen LogP contribution < -0.4 is 19.9 Å². The van der Waals surface area contributed by atoms with E-state index in [1.165, 1.54) is 4.68 Å². The van der Waals surface area contributed by atoms with Crippen LogP contribution in [0.4, 0.5) is 11.5 Å². The topological polar surface area (TPSA) is 137 Å². The van der Waals surface area contributed by atoms with Gasteiger partial charge in [0.2, 0.25) is 5.52 Å². The van der Waals surface area contributed by atoms with Gasteiger partial charge in [0.15, 0.2) is 0 Å². The minimum atomic E-state index is -1.26. The second kappa shape index (κ2) is 7.14. The molecular weight excluding hydrogens is 388 g/mol. The number of anilines is 2. The summed E-state index contributed by atoms with van der Waals surface area (Å²) in [5.41, 5.74) is 3.03. The van der Waals surface area contributed by atoms with Crippen molar-refractivity contribution in [2.24, 2.45) is 0 Å². The van der Waals surface area contributed by atoms with Crippen LogP contribution in [0, 0.1) is 24.3 Å². The van der Waals surface area contributed by atoms with E-state index in [2.05, 4.69) is 15.6 Å². The Kier molecular flexibility index (Phi) is 4.61. The van der Waals surface area contributed by atoms with Gasteiger partial charge in [0, 0.05) is 19.1 Å². The number of hydrogen-bond acceptors (Lipinski definition) is 7. The maximum absolute atomic E-state index is 13.0. The van der Waals surface area contributed by atoms with Gasteiger partial charge in [-0.1, -0.05) is 18.2 Å². The van der Waals surface area contributed by atoms with Gasteiger partial charge in [-0.15, -0.1) is 5.10 Å². The van der Waals surface area contributed by atoms with Gasteiger partial charge < -0.3 is 20.3 Å². The highest BCUT2D eigenvalue weighted by atomic mass is 16.5. The van der Waals surface area contributed by atoms with Gasteiger partial charge in [0.05, 0.1) is 17.5 Å². The predicted octanol–water partition coefficient (Wildman–Crippen LogP) is 0.913. The molecule has 30 heavy (non-hydrogen) atoms. The van der Waals surface area contributed by atoms with E-state index < -0.39 is 12.0 Å². The molecule has 154 valence electrons. The number of carbonyl (C=O) groups excluding carboxylic acids is 1. The lowest BCUT2D eigenvalue weighted by atomic mass is 10.2. The number of nitrogens with one attached hydrogen (secondary N) is 1. The molecule has 4 aromatic rings. The summed E-state index contributed by atoms with van der Waals surface area (Å²) in [5.74, 6) is -1.18. The zero-order valence-electron chi connectivity index (χ0n) is 16.6. The molecule has 2 heterocycles. The van der Waals surface area contributed by atoms with Crippen molar-refractivity contribution in [3.63, 3.8) is 0 Å². The first-order chi connectivity index (χ1) is 14.3. The van der Waals surface area contributed by atoms with Crippen molar-refractivity contribution in [3.05, 3.63) is 58.1 Å². The summed E-state index contributed by atoms with van der Waals surface area (Å²) in [7, 11) is 0. The number of rotatable bonds is 5. The van der Waals surface area contributed by atoms with Crippen LogP contribution in [0.2, 0.25) is 0 Å². The maximum atomic E-state index is 13.0. The summed E-state index contributed by atoms with van der Waals surface area (Å²) < 4.78 is 2.67. The Morgan fingerprint density at radius 3 is 2.60 bits per heavy atom. The highest BCUT2D eigenvalue weighted by Gasteiger charge is 2.24. The van der Waals surface area contributed by atoms with E-state index >= 15 is 0 Å². The first-order valence-corrected chi connectivity index (χ1v) is 9.40. The quantitative estimate of drug-likeness (QED) is 0.383. The molecular formula is C20H19N6O4-. The molecule has 1 atom stereocenters. The molecule has 1 unspecified atom stereocenters. The van der Waals surface area contributed by atoms with E-state index in [-0.39, 0.29) is 29.0 Å². The minimum absolute atomic E-state index is 0.0772. The molecule has 0 saturated heterocycles. The molecule has 0 fully saturated rings. The van der Waals surface area contributed by atoms with Crippen LogP contribution in [0.1, 0.15) is 30.6 Å². The molecule has 0 amide bonds. The van der Waals surface area contributed by atoms with Crippen molar-refractivity contribution in [3.8, 4) is 0 Å². The molecule has 2 aromatic carbocycles. The largest absolute Gasteiger partial charge is 0.710 e. The predicted molar refractivity (Wildman–Crippen MR) is 106 cm³/mol. The van der Waals surface area contributed by atoms with Crippen LogP contribution in [0.3, 0.4) is 0 Å². The Balaban J connectivity index is 1.83. The van der Waals surface area contributed by atoms with Crippen LogP contribution in [-0.2, 0) is 4.79 Å². The lowest BCUT2D eigenvalue weighted by Crippen LogP contribution is -2.43. The fourth-order valence-electron chi connectivity index (χ4n) is 3.47. The zero-order valence-corrected chi connectivity index (χ0v) is 16.6. The number of hydrogen-bond donors (Lipinski definition) is 1. The van der Waals surface area contributed by atoms with Crippen LogP contribution in [-0.4, -0.2) is 21.0 Å². The summed E-state index contributed by atoms with van der Waals surface area (Å²) in [6.45, 7) is 5.10. The third kappa shape index (κ3) is 3.02. The normalized spacial score (nSPS) is 12.4. The van der Waals surface area contributed by atoms with Crippen molar-refractivity contribution in [1.82, 2.24) is 15.0 Å². The average molecular weight is 407 g/mol. The van der Waals surface area contributed by atoms with Crippen LogP contribution in [0.15, 0.2) is 36.4 Å². The highest BCUT2D eigenvalue weighted by molar-refractivity contribution is 5.82.